The van der Waals surface area contributed by atoms with Crippen molar-refractivity contribution >= 4 is 11.6 Å². The summed E-state index contributed by atoms with van der Waals surface area (Å²) < 4.78 is 7.27. The largest absolute Gasteiger partial charge is 0.490 e. The molecule has 0 aliphatic carbocycles. The molecular formula is C13H20N6O. The van der Waals surface area contributed by atoms with E-state index in [0.29, 0.717) is 17.4 Å². The molecule has 0 aliphatic heterocycles. The third-order valence-electron chi connectivity index (χ3n) is 2.77. The zero-order valence-corrected chi connectivity index (χ0v) is 11.8. The molecule has 20 heavy (non-hydrogen) atoms. The SMILES string of the molecule is CCNc1ncnc(NCCCn2cccn2)c1OC. The molecule has 0 saturated heterocycles. The second-order valence-electron chi connectivity index (χ2n) is 4.18. The average Bonchev–Trinajstić information content (AvgIpc) is 2.97. The van der Waals surface area contributed by atoms with Gasteiger partial charge < -0.3 is 15.4 Å². The van der Waals surface area contributed by atoms with E-state index in [1.807, 2.05) is 23.9 Å². The van der Waals surface area contributed by atoms with Gasteiger partial charge in [0, 0.05) is 32.0 Å². The van der Waals surface area contributed by atoms with Crippen molar-refractivity contribution < 1.29 is 4.74 Å². The number of nitrogens with zero attached hydrogens (tertiary/aromatic N) is 4. The number of hydrogen-bond donors (Lipinski definition) is 2. The molecule has 0 fully saturated rings. The summed E-state index contributed by atoms with van der Waals surface area (Å²) in [5.74, 6) is 2.06. The highest BCUT2D eigenvalue weighted by atomic mass is 16.5. The van der Waals surface area contributed by atoms with Crippen molar-refractivity contribution in [3.63, 3.8) is 0 Å². The number of hydrogen-bond acceptors (Lipinski definition) is 6. The molecule has 0 bridgehead atoms. The van der Waals surface area contributed by atoms with Crippen LogP contribution in [0.5, 0.6) is 5.75 Å². The van der Waals surface area contributed by atoms with E-state index in [0.717, 1.165) is 26.1 Å². The molecule has 0 unspecified atom stereocenters. The molecule has 0 amide bonds. The molecular weight excluding hydrogens is 256 g/mol. The predicted octanol–water partition coefficient (Wildman–Crippen LogP) is 1.62. The number of nitrogens with one attached hydrogen (secondary N) is 2. The summed E-state index contributed by atoms with van der Waals surface area (Å²) in [6.45, 7) is 4.46. The number of aromatic nitrogens is 4. The summed E-state index contributed by atoms with van der Waals surface area (Å²) in [6.07, 6.45) is 6.21. The summed E-state index contributed by atoms with van der Waals surface area (Å²) in [5.41, 5.74) is 0. The van der Waals surface area contributed by atoms with Crippen LogP contribution >= 0.6 is 0 Å². The van der Waals surface area contributed by atoms with E-state index in [1.165, 1.54) is 6.33 Å². The summed E-state index contributed by atoms with van der Waals surface area (Å²) in [6, 6.07) is 1.92. The van der Waals surface area contributed by atoms with Gasteiger partial charge in [0.05, 0.1) is 7.11 Å². The van der Waals surface area contributed by atoms with Gasteiger partial charge in [-0.25, -0.2) is 9.97 Å². The highest BCUT2D eigenvalue weighted by molar-refractivity contribution is 5.63. The van der Waals surface area contributed by atoms with Crippen LogP contribution in [-0.2, 0) is 6.54 Å². The molecule has 2 N–H and O–H groups in total. The minimum absolute atomic E-state index is 0.647. The van der Waals surface area contributed by atoms with Crippen molar-refractivity contribution in [3.8, 4) is 5.75 Å². The second kappa shape index (κ2) is 7.32. The van der Waals surface area contributed by atoms with Crippen molar-refractivity contribution in [1.82, 2.24) is 19.7 Å². The Kier molecular flexibility index (Phi) is 5.16. The highest BCUT2D eigenvalue weighted by Crippen LogP contribution is 2.28. The van der Waals surface area contributed by atoms with Gasteiger partial charge in [-0.15, -0.1) is 0 Å². The number of methoxy groups -OCH3 is 1. The fraction of sp³-hybridized carbons (Fsp3) is 0.462. The lowest BCUT2D eigenvalue weighted by molar-refractivity contribution is 0.414. The molecule has 0 aliphatic rings. The van der Waals surface area contributed by atoms with Gasteiger partial charge in [-0.2, -0.15) is 5.10 Å². The van der Waals surface area contributed by atoms with E-state index < -0.39 is 0 Å². The quantitative estimate of drug-likeness (QED) is 0.713. The van der Waals surface area contributed by atoms with Crippen LogP contribution in [-0.4, -0.2) is 39.9 Å². The molecule has 0 atom stereocenters. The van der Waals surface area contributed by atoms with Crippen molar-refractivity contribution in [2.45, 2.75) is 19.9 Å². The molecule has 2 heterocycles. The molecule has 0 aromatic carbocycles. The van der Waals surface area contributed by atoms with Gasteiger partial charge >= 0.3 is 0 Å². The number of ether oxygens (including phenoxy) is 1. The van der Waals surface area contributed by atoms with Crippen LogP contribution in [0.25, 0.3) is 0 Å². The molecule has 0 saturated carbocycles. The Hall–Kier alpha value is -2.31. The molecule has 2 aromatic rings. The first kappa shape index (κ1) is 14.1. The van der Waals surface area contributed by atoms with E-state index in [1.54, 1.807) is 13.3 Å². The minimum Gasteiger partial charge on any atom is -0.490 e. The smallest absolute Gasteiger partial charge is 0.204 e. The van der Waals surface area contributed by atoms with E-state index in [-0.39, 0.29) is 0 Å². The lowest BCUT2D eigenvalue weighted by atomic mass is 10.4. The van der Waals surface area contributed by atoms with Gasteiger partial charge in [0.15, 0.2) is 11.6 Å². The van der Waals surface area contributed by atoms with Crippen LogP contribution in [0.4, 0.5) is 11.6 Å². The minimum atomic E-state index is 0.647. The van der Waals surface area contributed by atoms with E-state index in [4.69, 9.17) is 4.74 Å². The number of anilines is 2. The molecule has 108 valence electrons. The van der Waals surface area contributed by atoms with Gasteiger partial charge in [0.1, 0.15) is 6.33 Å². The third-order valence-corrected chi connectivity index (χ3v) is 2.77. The number of aryl methyl sites for hydroxylation is 1. The monoisotopic (exact) mass is 276 g/mol. The maximum atomic E-state index is 5.36. The fourth-order valence-corrected chi connectivity index (χ4v) is 1.87. The summed E-state index contributed by atoms with van der Waals surface area (Å²) in [7, 11) is 1.62. The summed E-state index contributed by atoms with van der Waals surface area (Å²) in [5, 5.41) is 10.6. The molecule has 2 aromatic heterocycles. The normalized spacial score (nSPS) is 10.3. The number of rotatable bonds is 8. The van der Waals surface area contributed by atoms with Crippen LogP contribution in [0.1, 0.15) is 13.3 Å². The topological polar surface area (TPSA) is 76.9 Å². The summed E-state index contributed by atoms with van der Waals surface area (Å²) in [4.78, 5) is 8.38. The predicted molar refractivity (Wildman–Crippen MR) is 78.1 cm³/mol. The Labute approximate surface area is 118 Å². The average molecular weight is 276 g/mol. The van der Waals surface area contributed by atoms with Crippen LogP contribution < -0.4 is 15.4 Å². The standard InChI is InChI=1S/C13H20N6O/c1-3-14-12-11(20-2)13(17-10-16-12)15-6-4-8-19-9-5-7-18-19/h5,7,9-10H,3-4,6,8H2,1-2H3,(H2,14,15,16,17). The molecule has 2 rings (SSSR count). The van der Waals surface area contributed by atoms with Crippen LogP contribution in [0.3, 0.4) is 0 Å². The van der Waals surface area contributed by atoms with Gasteiger partial charge in [0.2, 0.25) is 5.75 Å². The Balaban J connectivity index is 1.90. The first-order valence-corrected chi connectivity index (χ1v) is 6.69. The second-order valence-corrected chi connectivity index (χ2v) is 4.18. The van der Waals surface area contributed by atoms with Gasteiger partial charge in [-0.1, -0.05) is 0 Å². The lowest BCUT2D eigenvalue weighted by Crippen LogP contribution is -2.11. The first-order chi connectivity index (χ1) is 9.85. The van der Waals surface area contributed by atoms with Crippen molar-refractivity contribution in [1.29, 1.82) is 0 Å². The van der Waals surface area contributed by atoms with Crippen LogP contribution in [0.2, 0.25) is 0 Å². The Morgan fingerprint density at radius 1 is 1.25 bits per heavy atom. The molecule has 0 radical (unpaired) electrons. The van der Waals surface area contributed by atoms with Crippen LogP contribution in [0.15, 0.2) is 24.8 Å². The zero-order chi connectivity index (χ0) is 14.2. The lowest BCUT2D eigenvalue weighted by Gasteiger charge is -2.13. The van der Waals surface area contributed by atoms with Crippen molar-refractivity contribution in [2.24, 2.45) is 0 Å². The highest BCUT2D eigenvalue weighted by Gasteiger charge is 2.10. The molecule has 0 spiro atoms. The first-order valence-electron chi connectivity index (χ1n) is 6.69. The van der Waals surface area contributed by atoms with E-state index in [2.05, 4.69) is 25.7 Å². The Morgan fingerprint density at radius 2 is 2.05 bits per heavy atom. The third kappa shape index (κ3) is 3.59. The zero-order valence-electron chi connectivity index (χ0n) is 11.8. The Morgan fingerprint density at radius 3 is 2.70 bits per heavy atom. The van der Waals surface area contributed by atoms with Gasteiger partial charge in [-0.3, -0.25) is 4.68 Å². The van der Waals surface area contributed by atoms with Gasteiger partial charge in [-0.05, 0) is 19.4 Å². The van der Waals surface area contributed by atoms with E-state index >= 15 is 0 Å². The van der Waals surface area contributed by atoms with E-state index in [9.17, 15) is 0 Å². The van der Waals surface area contributed by atoms with Crippen molar-refractivity contribution in [3.05, 3.63) is 24.8 Å². The molecule has 7 heteroatoms. The fourth-order valence-electron chi connectivity index (χ4n) is 1.87. The van der Waals surface area contributed by atoms with Gasteiger partial charge in [0.25, 0.3) is 0 Å². The van der Waals surface area contributed by atoms with Crippen LogP contribution in [0, 0.1) is 0 Å². The maximum absolute atomic E-state index is 5.36. The summed E-state index contributed by atoms with van der Waals surface area (Å²) >= 11 is 0. The molecule has 7 nitrogen and oxygen atoms in total. The maximum Gasteiger partial charge on any atom is 0.204 e. The van der Waals surface area contributed by atoms with Crippen molar-refractivity contribution in [2.75, 3.05) is 30.8 Å². The Bertz CT molecular complexity index is 514.